The fraction of sp³-hybridized carbons (Fsp3) is 0.0182. The van der Waals surface area contributed by atoms with E-state index in [1.54, 1.807) is 0 Å². The predicted molar refractivity (Wildman–Crippen MR) is 240 cm³/mol. The summed E-state index contributed by atoms with van der Waals surface area (Å²) >= 11 is 0. The minimum absolute atomic E-state index is 0.566. The molecule has 1 aliphatic carbocycles. The van der Waals surface area contributed by atoms with E-state index in [1.165, 1.54) is 65.7 Å². The van der Waals surface area contributed by atoms with E-state index in [0.29, 0.717) is 5.82 Å². The van der Waals surface area contributed by atoms with Crippen molar-refractivity contribution in [1.29, 1.82) is 0 Å². The highest BCUT2D eigenvalue weighted by molar-refractivity contribution is 6.16. The lowest BCUT2D eigenvalue weighted by Crippen LogP contribution is -2.28. The fourth-order valence-corrected chi connectivity index (χ4v) is 9.79. The second kappa shape index (κ2) is 12.7. The van der Waals surface area contributed by atoms with Gasteiger partial charge >= 0.3 is 0 Å². The van der Waals surface area contributed by atoms with Gasteiger partial charge in [-0.05, 0) is 79.2 Å². The minimum atomic E-state index is -0.566. The lowest BCUT2D eigenvalue weighted by molar-refractivity contribution is 0.776. The summed E-state index contributed by atoms with van der Waals surface area (Å²) < 4.78 is 2.42. The van der Waals surface area contributed by atoms with E-state index < -0.39 is 5.41 Å². The summed E-state index contributed by atoms with van der Waals surface area (Å²) in [6, 6.07) is 74.9. The normalized spacial score (nSPS) is 13.0. The van der Waals surface area contributed by atoms with Crippen LogP contribution in [0, 0.1) is 0 Å². The summed E-state index contributed by atoms with van der Waals surface area (Å²) in [7, 11) is 0. The van der Waals surface area contributed by atoms with Gasteiger partial charge in [0.1, 0.15) is 0 Å². The fourth-order valence-electron chi connectivity index (χ4n) is 9.79. The number of aromatic nitrogens is 3. The molecule has 0 radical (unpaired) electrons. The van der Waals surface area contributed by atoms with Gasteiger partial charge in [0.05, 0.1) is 34.0 Å². The predicted octanol–water partition coefficient (Wildman–Crippen LogP) is 13.6. The van der Waals surface area contributed by atoms with Gasteiger partial charge in [-0.2, -0.15) is 0 Å². The highest BCUT2D eigenvalue weighted by Crippen LogP contribution is 2.59. The maximum Gasteiger partial charge on any atom is 0.159 e. The lowest BCUT2D eigenvalue weighted by Gasteiger charge is -2.34. The molecule has 12 rings (SSSR count). The monoisotopic (exact) mass is 737 g/mol. The van der Waals surface area contributed by atoms with Gasteiger partial charge in [0.2, 0.25) is 0 Å². The molecule has 1 aliphatic rings. The number of nitrogens with zero attached hydrogens (tertiary/aromatic N) is 3. The van der Waals surface area contributed by atoms with Gasteiger partial charge in [-0.3, -0.25) is 0 Å². The first-order chi connectivity index (χ1) is 28.8. The third kappa shape index (κ3) is 4.68. The number of hydrogen-bond acceptors (Lipinski definition) is 2. The summed E-state index contributed by atoms with van der Waals surface area (Å²) in [6.45, 7) is 0. The van der Waals surface area contributed by atoms with Crippen LogP contribution in [-0.4, -0.2) is 14.5 Å². The van der Waals surface area contributed by atoms with Gasteiger partial charge in [-0.25, -0.2) is 9.97 Å². The van der Waals surface area contributed by atoms with Crippen LogP contribution in [0.2, 0.25) is 0 Å². The average Bonchev–Trinajstić information content (AvgIpc) is 3.77. The van der Waals surface area contributed by atoms with Gasteiger partial charge < -0.3 is 4.57 Å². The zero-order chi connectivity index (χ0) is 38.2. The molecule has 9 aromatic carbocycles. The van der Waals surface area contributed by atoms with Crippen molar-refractivity contribution >= 4 is 43.4 Å². The van der Waals surface area contributed by atoms with Crippen LogP contribution < -0.4 is 0 Å². The van der Waals surface area contributed by atoms with Crippen LogP contribution in [0.3, 0.4) is 0 Å². The number of rotatable bonds is 5. The molecule has 0 N–H and O–H groups in total. The molecule has 0 atom stereocenters. The maximum atomic E-state index is 5.36. The van der Waals surface area contributed by atoms with E-state index in [0.717, 1.165) is 33.5 Å². The third-order valence-electron chi connectivity index (χ3n) is 12.3. The molecule has 2 heterocycles. The van der Waals surface area contributed by atoms with E-state index in [9.17, 15) is 0 Å². The highest BCUT2D eigenvalue weighted by Gasteiger charge is 2.47. The molecule has 2 aromatic heterocycles. The molecule has 3 heteroatoms. The molecule has 3 nitrogen and oxygen atoms in total. The molecule has 0 saturated heterocycles. The van der Waals surface area contributed by atoms with Crippen LogP contribution in [-0.2, 0) is 5.41 Å². The highest BCUT2D eigenvalue weighted by atomic mass is 15.0. The van der Waals surface area contributed by atoms with Crippen LogP contribution in [0.1, 0.15) is 22.3 Å². The SMILES string of the molecule is c1ccc(-c2ncc(-n3c4cc5c(cc4c4cc6ccccc6cc43)C(c3ccccc3)(c3ccccc3)c3c-5ccc4ccccc34)c(-c3ccccc3)n2)cc1. The van der Waals surface area contributed by atoms with E-state index in [-0.39, 0.29) is 0 Å². The Labute approximate surface area is 336 Å². The molecule has 0 aliphatic heterocycles. The Morgan fingerprint density at radius 2 is 0.966 bits per heavy atom. The van der Waals surface area contributed by atoms with Crippen molar-refractivity contribution in [2.45, 2.75) is 5.41 Å². The minimum Gasteiger partial charge on any atom is -0.306 e. The van der Waals surface area contributed by atoms with E-state index in [4.69, 9.17) is 9.97 Å². The number of fused-ring (bicyclic) bond motifs is 9. The Balaban J connectivity index is 1.26. The summed E-state index contributed by atoms with van der Waals surface area (Å²) in [6.07, 6.45) is 2.03. The molecular formula is C55H35N3. The first-order valence-electron chi connectivity index (χ1n) is 19.9. The molecular weight excluding hydrogens is 703 g/mol. The molecule has 0 spiro atoms. The van der Waals surface area contributed by atoms with Crippen molar-refractivity contribution in [3.05, 3.63) is 235 Å². The van der Waals surface area contributed by atoms with Gasteiger partial charge in [0.15, 0.2) is 5.82 Å². The second-order valence-corrected chi connectivity index (χ2v) is 15.3. The molecule has 0 bridgehead atoms. The van der Waals surface area contributed by atoms with Crippen molar-refractivity contribution in [2.24, 2.45) is 0 Å². The Morgan fingerprint density at radius 3 is 1.66 bits per heavy atom. The quantitative estimate of drug-likeness (QED) is 0.176. The van der Waals surface area contributed by atoms with Gasteiger partial charge in [0.25, 0.3) is 0 Å². The first-order valence-corrected chi connectivity index (χ1v) is 19.9. The second-order valence-electron chi connectivity index (χ2n) is 15.3. The van der Waals surface area contributed by atoms with Gasteiger partial charge in [-0.15, -0.1) is 0 Å². The molecule has 58 heavy (non-hydrogen) atoms. The molecule has 0 saturated carbocycles. The molecule has 0 amide bonds. The lowest BCUT2D eigenvalue weighted by atomic mass is 9.66. The van der Waals surface area contributed by atoms with Gasteiger partial charge in [-0.1, -0.05) is 182 Å². The van der Waals surface area contributed by atoms with E-state index in [2.05, 4.69) is 193 Å². The van der Waals surface area contributed by atoms with Crippen LogP contribution in [0.4, 0.5) is 0 Å². The summed E-state index contributed by atoms with van der Waals surface area (Å²) in [5.41, 5.74) is 13.1. The molecule has 11 aromatic rings. The van der Waals surface area contributed by atoms with Crippen LogP contribution in [0.25, 0.3) is 82.8 Å². The Morgan fingerprint density at radius 1 is 0.414 bits per heavy atom. The van der Waals surface area contributed by atoms with Gasteiger partial charge in [0, 0.05) is 21.9 Å². The van der Waals surface area contributed by atoms with Crippen LogP contribution in [0.15, 0.2) is 212 Å². The van der Waals surface area contributed by atoms with Crippen molar-refractivity contribution in [3.63, 3.8) is 0 Å². The average molecular weight is 738 g/mol. The van der Waals surface area contributed by atoms with Crippen LogP contribution >= 0.6 is 0 Å². The van der Waals surface area contributed by atoms with E-state index in [1.807, 2.05) is 24.4 Å². The van der Waals surface area contributed by atoms with Crippen molar-refractivity contribution in [2.75, 3.05) is 0 Å². The summed E-state index contributed by atoms with van der Waals surface area (Å²) in [4.78, 5) is 10.4. The first kappa shape index (κ1) is 32.6. The molecule has 0 unspecified atom stereocenters. The standard InChI is InChI=1S/C55H35N3/c1-5-18-37(19-6-1)53-51(35-56-54(57-53)38-20-7-2-8-21-38)58-49-32-40-23-14-13-22-39(40)31-46(49)47-33-48-45(34-50(47)58)44-30-29-36-17-15-16-28-43(36)52(44)55(48,41-24-9-3-10-25-41)42-26-11-4-12-27-42/h1-35H. The third-order valence-corrected chi connectivity index (χ3v) is 12.3. The van der Waals surface area contributed by atoms with E-state index >= 15 is 0 Å². The summed E-state index contributed by atoms with van der Waals surface area (Å²) in [5.74, 6) is 0.701. The Bertz CT molecular complexity index is 3330. The number of benzene rings is 9. The van der Waals surface area contributed by atoms with Crippen molar-refractivity contribution < 1.29 is 0 Å². The molecule has 270 valence electrons. The zero-order valence-electron chi connectivity index (χ0n) is 31.5. The zero-order valence-corrected chi connectivity index (χ0v) is 31.5. The molecule has 0 fully saturated rings. The summed E-state index contributed by atoms with van der Waals surface area (Å²) in [5, 5.41) is 7.29. The number of hydrogen-bond donors (Lipinski definition) is 0. The van der Waals surface area contributed by atoms with Crippen molar-refractivity contribution in [3.8, 4) is 39.5 Å². The topological polar surface area (TPSA) is 30.7 Å². The van der Waals surface area contributed by atoms with Crippen LogP contribution in [0.5, 0.6) is 0 Å². The maximum absolute atomic E-state index is 5.36. The Hall–Kier alpha value is -7.62. The smallest absolute Gasteiger partial charge is 0.159 e. The Kier molecular flexibility index (Phi) is 7.14. The largest absolute Gasteiger partial charge is 0.306 e. The van der Waals surface area contributed by atoms with Crippen molar-refractivity contribution in [1.82, 2.24) is 14.5 Å².